The summed E-state index contributed by atoms with van der Waals surface area (Å²) in [5.41, 5.74) is 4.93. The molecule has 0 bridgehead atoms. The van der Waals surface area contributed by atoms with Crippen molar-refractivity contribution in [2.45, 2.75) is 108 Å². The number of aliphatic hydroxyl groups excluding tert-OH is 2. The number of hydrogen-bond acceptors (Lipinski definition) is 13. The van der Waals surface area contributed by atoms with Crippen LogP contribution in [0.15, 0.2) is 23.3 Å². The molecule has 8 N–H and O–H groups in total. The van der Waals surface area contributed by atoms with Gasteiger partial charge in [0.1, 0.15) is 22.8 Å². The molecule has 14 heteroatoms. The molecule has 2 aliphatic carbocycles. The number of carbonyl (C=O) groups is 3. The van der Waals surface area contributed by atoms with Crippen molar-refractivity contribution in [3.63, 3.8) is 0 Å². The van der Waals surface area contributed by atoms with Crippen LogP contribution in [-0.2, 0) is 20.7 Å². The summed E-state index contributed by atoms with van der Waals surface area (Å²) in [7, 11) is 1.33. The normalized spacial score (nSPS) is 26.5. The number of hydrogen-bond donors (Lipinski definition) is 7. The molecule has 1 saturated heterocycles. The highest BCUT2D eigenvalue weighted by atomic mass is 16.7. The van der Waals surface area contributed by atoms with E-state index in [-0.39, 0.29) is 53.0 Å². The summed E-state index contributed by atoms with van der Waals surface area (Å²) in [6.45, 7) is 2.89. The molecule has 1 aliphatic heterocycles. The standard InChI is InChI=1S/C35H45N3O11/c1-4-5-6-7-8-12-24(40)38-37-23(16-39)35(46)14-19-27(22(15-35)49-25-13-20(36)30(41)17(2)48-25)34(45)29-28(32(19)43)31(42)18-10-9-11-21(47-3)26(18)33(29)44/h9-11,17,20,22,25,30,39,41,43,45-46H,4-8,12-16,36H2,1-3H3,(H,38,40)/b37-23-/t17-,20-,22+,25+,30+,35+/m0/s1. The largest absolute Gasteiger partial charge is 0.507 e. The van der Waals surface area contributed by atoms with E-state index in [4.69, 9.17) is 19.9 Å². The molecule has 6 atom stereocenters. The van der Waals surface area contributed by atoms with Gasteiger partial charge in [0.05, 0.1) is 54.4 Å². The van der Waals surface area contributed by atoms with Crippen LogP contribution < -0.4 is 15.9 Å². The van der Waals surface area contributed by atoms with Gasteiger partial charge in [0, 0.05) is 48.4 Å². The van der Waals surface area contributed by atoms with E-state index in [9.17, 15) is 39.9 Å². The predicted octanol–water partition coefficient (Wildman–Crippen LogP) is 2.26. The molecule has 1 heterocycles. The van der Waals surface area contributed by atoms with Crippen LogP contribution in [0, 0.1) is 0 Å². The summed E-state index contributed by atoms with van der Waals surface area (Å²) >= 11 is 0. The number of fused-ring (bicyclic) bond motifs is 3. The van der Waals surface area contributed by atoms with Gasteiger partial charge < -0.3 is 45.5 Å². The minimum absolute atomic E-state index is 0.0186. The number of carbonyl (C=O) groups excluding carboxylic acids is 3. The topological polar surface area (TPSA) is 230 Å². The van der Waals surface area contributed by atoms with Crippen LogP contribution in [0.2, 0.25) is 0 Å². The Morgan fingerprint density at radius 1 is 1.10 bits per heavy atom. The lowest BCUT2D eigenvalue weighted by Gasteiger charge is -2.43. The molecule has 0 spiro atoms. The fourth-order valence-corrected chi connectivity index (χ4v) is 6.97. The third-order valence-electron chi connectivity index (χ3n) is 9.65. The van der Waals surface area contributed by atoms with Crippen LogP contribution in [0.25, 0.3) is 0 Å². The van der Waals surface area contributed by atoms with Crippen molar-refractivity contribution >= 4 is 23.2 Å². The van der Waals surface area contributed by atoms with Crippen molar-refractivity contribution in [2.24, 2.45) is 10.8 Å². The second-order valence-corrected chi connectivity index (χ2v) is 13.0. The summed E-state index contributed by atoms with van der Waals surface area (Å²) in [4.78, 5) is 40.3. The number of rotatable bonds is 12. The molecule has 266 valence electrons. The van der Waals surface area contributed by atoms with Gasteiger partial charge in [-0.05, 0) is 19.4 Å². The SMILES string of the molecule is CCCCCCCC(=O)N/N=C(/CO)[C@@]1(O)Cc2c(O)c3c(c(O)c2[C@H](O[C@@H]2C[C@H](N)[C@H](O)[C@H](C)O2)C1)C(=O)c1c(OC)cccc1C3=O. The summed E-state index contributed by atoms with van der Waals surface area (Å²) in [6.07, 6.45) is -0.138. The van der Waals surface area contributed by atoms with Crippen molar-refractivity contribution < 1.29 is 54.1 Å². The Morgan fingerprint density at radius 2 is 1.82 bits per heavy atom. The quantitative estimate of drug-likeness (QED) is 0.0631. The average molecular weight is 684 g/mol. The lowest BCUT2D eigenvalue weighted by Crippen LogP contribution is -2.53. The number of nitrogens with zero attached hydrogens (tertiary/aromatic N) is 1. The van der Waals surface area contributed by atoms with E-state index in [1.807, 2.05) is 0 Å². The van der Waals surface area contributed by atoms with Gasteiger partial charge in [-0.3, -0.25) is 14.4 Å². The summed E-state index contributed by atoms with van der Waals surface area (Å²) in [6, 6.07) is 3.68. The molecule has 2 aromatic carbocycles. The van der Waals surface area contributed by atoms with E-state index in [0.717, 1.165) is 25.7 Å². The van der Waals surface area contributed by atoms with Crippen LogP contribution in [0.3, 0.4) is 0 Å². The van der Waals surface area contributed by atoms with E-state index in [2.05, 4.69) is 17.5 Å². The molecule has 0 aromatic heterocycles. The van der Waals surface area contributed by atoms with Gasteiger partial charge in [0.2, 0.25) is 11.7 Å². The number of ether oxygens (including phenoxy) is 3. The molecule has 3 aliphatic rings. The van der Waals surface area contributed by atoms with E-state index in [0.29, 0.717) is 6.42 Å². The summed E-state index contributed by atoms with van der Waals surface area (Å²) < 4.78 is 17.4. The Morgan fingerprint density at radius 3 is 2.49 bits per heavy atom. The number of aliphatic hydroxyl groups is 3. The van der Waals surface area contributed by atoms with Crippen LogP contribution in [0.1, 0.15) is 114 Å². The third kappa shape index (κ3) is 6.94. The number of methoxy groups -OCH3 is 1. The number of phenols is 2. The summed E-state index contributed by atoms with van der Waals surface area (Å²) in [5.74, 6) is -3.14. The van der Waals surface area contributed by atoms with Gasteiger partial charge in [0.25, 0.3) is 0 Å². The van der Waals surface area contributed by atoms with Crippen LogP contribution in [0.5, 0.6) is 17.2 Å². The highest BCUT2D eigenvalue weighted by Crippen LogP contribution is 2.52. The van der Waals surface area contributed by atoms with Crippen molar-refractivity contribution in [2.75, 3.05) is 13.7 Å². The Kier molecular flexibility index (Phi) is 11.1. The first-order valence-corrected chi connectivity index (χ1v) is 16.7. The fraction of sp³-hybridized carbons (Fsp3) is 0.543. The molecule has 49 heavy (non-hydrogen) atoms. The first-order chi connectivity index (χ1) is 23.4. The zero-order valence-electron chi connectivity index (χ0n) is 27.9. The first-order valence-electron chi connectivity index (χ1n) is 16.7. The maximum atomic E-state index is 13.9. The highest BCUT2D eigenvalue weighted by molar-refractivity contribution is 6.31. The van der Waals surface area contributed by atoms with Gasteiger partial charge in [-0.25, -0.2) is 5.43 Å². The van der Waals surface area contributed by atoms with Gasteiger partial charge in [-0.2, -0.15) is 5.10 Å². The molecule has 1 fully saturated rings. The molecule has 0 radical (unpaired) electrons. The molecule has 0 saturated carbocycles. The molecular formula is C35H45N3O11. The minimum Gasteiger partial charge on any atom is -0.507 e. The van der Waals surface area contributed by atoms with E-state index in [1.165, 1.54) is 25.3 Å². The first kappa shape index (κ1) is 36.4. The number of ketones is 2. The number of nitrogens with two attached hydrogens (primary N) is 1. The van der Waals surface area contributed by atoms with Crippen LogP contribution in [-0.4, -0.2) is 92.6 Å². The molecule has 0 unspecified atom stereocenters. The lowest BCUT2D eigenvalue weighted by molar-refractivity contribution is -0.245. The fourth-order valence-electron chi connectivity index (χ4n) is 6.97. The van der Waals surface area contributed by atoms with Gasteiger partial charge >= 0.3 is 0 Å². The number of amides is 1. The number of benzene rings is 2. The highest BCUT2D eigenvalue weighted by Gasteiger charge is 2.49. The number of unbranched alkanes of at least 4 members (excludes halogenated alkanes) is 4. The summed E-state index contributed by atoms with van der Waals surface area (Å²) in [5, 5.41) is 60.3. The average Bonchev–Trinajstić information content (AvgIpc) is 3.07. The minimum atomic E-state index is -2.08. The second kappa shape index (κ2) is 14.9. The maximum absolute atomic E-state index is 13.9. The van der Waals surface area contributed by atoms with Crippen molar-refractivity contribution in [1.29, 1.82) is 0 Å². The predicted molar refractivity (Wildman–Crippen MR) is 176 cm³/mol. The number of nitrogens with one attached hydrogen (secondary N) is 1. The van der Waals surface area contributed by atoms with Gasteiger partial charge in [-0.1, -0.05) is 44.7 Å². The molecule has 2 aromatic rings. The van der Waals surface area contributed by atoms with Crippen molar-refractivity contribution in [3.05, 3.63) is 51.6 Å². The van der Waals surface area contributed by atoms with Gasteiger partial charge in [-0.15, -0.1) is 0 Å². The molecule has 14 nitrogen and oxygen atoms in total. The third-order valence-corrected chi connectivity index (χ3v) is 9.65. The number of phenolic OH excluding ortho intramolecular Hbond substituents is 2. The molecular weight excluding hydrogens is 638 g/mol. The Balaban J connectivity index is 1.57. The number of hydrazone groups is 1. The Hall–Kier alpha value is -3.92. The van der Waals surface area contributed by atoms with E-state index < -0.39 is 89.4 Å². The monoisotopic (exact) mass is 683 g/mol. The van der Waals surface area contributed by atoms with Gasteiger partial charge in [0.15, 0.2) is 12.1 Å². The van der Waals surface area contributed by atoms with E-state index in [1.54, 1.807) is 6.92 Å². The second-order valence-electron chi connectivity index (χ2n) is 13.0. The van der Waals surface area contributed by atoms with E-state index >= 15 is 0 Å². The van der Waals surface area contributed by atoms with Crippen molar-refractivity contribution in [3.8, 4) is 17.2 Å². The molecule has 5 rings (SSSR count). The van der Waals surface area contributed by atoms with Crippen molar-refractivity contribution in [1.82, 2.24) is 5.43 Å². The van der Waals surface area contributed by atoms with Crippen LogP contribution >= 0.6 is 0 Å². The molecule has 1 amide bonds. The number of aromatic hydroxyl groups is 2. The van der Waals surface area contributed by atoms with Crippen LogP contribution in [0.4, 0.5) is 0 Å². The smallest absolute Gasteiger partial charge is 0.240 e. The zero-order valence-corrected chi connectivity index (χ0v) is 27.9. The Labute approximate surface area is 283 Å². The Bertz CT molecular complexity index is 1630. The zero-order chi connectivity index (χ0) is 35.6. The lowest BCUT2D eigenvalue weighted by atomic mass is 9.71. The maximum Gasteiger partial charge on any atom is 0.240 e.